The maximum absolute atomic E-state index is 13.5. The van der Waals surface area contributed by atoms with E-state index in [1.54, 1.807) is 4.57 Å². The van der Waals surface area contributed by atoms with Crippen molar-refractivity contribution in [1.82, 2.24) is 19.8 Å². The first kappa shape index (κ1) is 22.8. The summed E-state index contributed by atoms with van der Waals surface area (Å²) in [6.07, 6.45) is 5.59. The van der Waals surface area contributed by atoms with Gasteiger partial charge in [0.2, 0.25) is 5.91 Å². The molecule has 7 nitrogen and oxygen atoms in total. The van der Waals surface area contributed by atoms with Gasteiger partial charge in [0, 0.05) is 29.8 Å². The van der Waals surface area contributed by atoms with E-state index in [-0.39, 0.29) is 23.3 Å². The zero-order valence-corrected chi connectivity index (χ0v) is 20.4. The van der Waals surface area contributed by atoms with Crippen molar-refractivity contribution in [3.05, 3.63) is 34.6 Å². The standard InChI is InChI=1S/C24H30N4O3S2/c29-20(25-15-17-7-5-14-31-17)16-32-24-26-21-18-8-1-2-9-19(18)33-22(21)23(30)28(24)13-6-12-27-10-3-4-11-27/h1-2,8-9,17H,3-7,10-16H2,(H,25,29)/t17-/m1/s1. The van der Waals surface area contributed by atoms with Gasteiger partial charge < -0.3 is 15.0 Å². The number of benzene rings is 1. The van der Waals surface area contributed by atoms with E-state index in [0.717, 1.165) is 61.1 Å². The molecule has 3 aromatic rings. The largest absolute Gasteiger partial charge is 0.376 e. The van der Waals surface area contributed by atoms with Crippen LogP contribution in [0.3, 0.4) is 0 Å². The molecule has 5 rings (SSSR count). The summed E-state index contributed by atoms with van der Waals surface area (Å²) in [6.45, 7) is 5.22. The van der Waals surface area contributed by atoms with Gasteiger partial charge in [-0.2, -0.15) is 0 Å². The third-order valence-electron chi connectivity index (χ3n) is 6.39. The smallest absolute Gasteiger partial charge is 0.272 e. The molecule has 2 aliphatic rings. The molecule has 0 aliphatic carbocycles. The van der Waals surface area contributed by atoms with Crippen LogP contribution in [0.1, 0.15) is 32.1 Å². The zero-order valence-electron chi connectivity index (χ0n) is 18.8. The predicted molar refractivity (Wildman–Crippen MR) is 134 cm³/mol. The molecule has 2 saturated heterocycles. The predicted octanol–water partition coefficient (Wildman–Crippen LogP) is 3.48. The van der Waals surface area contributed by atoms with E-state index in [2.05, 4.69) is 10.2 Å². The van der Waals surface area contributed by atoms with Crippen molar-refractivity contribution in [3.8, 4) is 0 Å². The number of carbonyl (C=O) groups excluding carboxylic acids is 1. The van der Waals surface area contributed by atoms with Gasteiger partial charge in [0.1, 0.15) is 4.70 Å². The molecule has 0 saturated carbocycles. The van der Waals surface area contributed by atoms with E-state index in [0.29, 0.717) is 22.9 Å². The van der Waals surface area contributed by atoms with Crippen LogP contribution in [0.5, 0.6) is 0 Å². The molecule has 2 aromatic heterocycles. The highest BCUT2D eigenvalue weighted by molar-refractivity contribution is 7.99. The van der Waals surface area contributed by atoms with Crippen molar-refractivity contribution in [1.29, 1.82) is 0 Å². The number of thiophene rings is 1. The first-order chi connectivity index (χ1) is 16.2. The summed E-state index contributed by atoms with van der Waals surface area (Å²) in [5.74, 6) is 0.183. The van der Waals surface area contributed by atoms with E-state index in [1.165, 1.54) is 35.9 Å². The van der Waals surface area contributed by atoms with E-state index in [9.17, 15) is 9.59 Å². The SMILES string of the molecule is O=C(CSc1nc2c(sc3ccccc32)c(=O)n1CCCN1CCCC1)NC[C@H]1CCCO1. The van der Waals surface area contributed by atoms with Crippen molar-refractivity contribution in [2.45, 2.75) is 49.9 Å². The summed E-state index contributed by atoms with van der Waals surface area (Å²) in [7, 11) is 0. The molecule has 1 aromatic carbocycles. The third-order valence-corrected chi connectivity index (χ3v) is 8.51. The van der Waals surface area contributed by atoms with Gasteiger partial charge in [-0.15, -0.1) is 11.3 Å². The second-order valence-corrected chi connectivity index (χ2v) is 10.8. The molecule has 0 spiro atoms. The summed E-state index contributed by atoms with van der Waals surface area (Å²) < 4.78 is 9.13. The lowest BCUT2D eigenvalue weighted by Crippen LogP contribution is -2.33. The number of hydrogen-bond donors (Lipinski definition) is 1. The second-order valence-electron chi connectivity index (χ2n) is 8.76. The van der Waals surface area contributed by atoms with E-state index >= 15 is 0 Å². The number of fused-ring (bicyclic) bond motifs is 3. The molecule has 2 aliphatic heterocycles. The molecule has 4 heterocycles. The fourth-order valence-electron chi connectivity index (χ4n) is 4.63. The van der Waals surface area contributed by atoms with Crippen molar-refractivity contribution in [2.24, 2.45) is 0 Å². The maximum Gasteiger partial charge on any atom is 0.272 e. The lowest BCUT2D eigenvalue weighted by Gasteiger charge is -2.16. The molecule has 176 valence electrons. The molecule has 1 N–H and O–H groups in total. The lowest BCUT2D eigenvalue weighted by atomic mass is 10.2. The molecule has 1 amide bonds. The van der Waals surface area contributed by atoms with Crippen molar-refractivity contribution < 1.29 is 9.53 Å². The van der Waals surface area contributed by atoms with Gasteiger partial charge in [-0.05, 0) is 57.8 Å². The Balaban J connectivity index is 1.35. The van der Waals surface area contributed by atoms with E-state index in [4.69, 9.17) is 9.72 Å². The van der Waals surface area contributed by atoms with E-state index in [1.807, 2.05) is 24.3 Å². The van der Waals surface area contributed by atoms with Gasteiger partial charge in [-0.1, -0.05) is 30.0 Å². The Morgan fingerprint density at radius 3 is 2.88 bits per heavy atom. The summed E-state index contributed by atoms with van der Waals surface area (Å²) >= 11 is 2.86. The number of nitrogens with zero attached hydrogens (tertiary/aromatic N) is 3. The number of carbonyl (C=O) groups is 1. The van der Waals surface area contributed by atoms with Crippen LogP contribution in [-0.4, -0.2) is 65.0 Å². The molecule has 0 radical (unpaired) electrons. The lowest BCUT2D eigenvalue weighted by molar-refractivity contribution is -0.119. The second kappa shape index (κ2) is 10.5. The monoisotopic (exact) mass is 486 g/mol. The first-order valence-electron chi connectivity index (χ1n) is 11.8. The summed E-state index contributed by atoms with van der Waals surface area (Å²) in [6, 6.07) is 8.01. The third kappa shape index (κ3) is 5.26. The molecule has 9 heteroatoms. The van der Waals surface area contributed by atoms with Crippen LogP contribution in [0.15, 0.2) is 34.2 Å². The van der Waals surface area contributed by atoms with Crippen molar-refractivity contribution in [2.75, 3.05) is 38.5 Å². The summed E-state index contributed by atoms with van der Waals surface area (Å²) in [4.78, 5) is 33.3. The van der Waals surface area contributed by atoms with Gasteiger partial charge in [0.15, 0.2) is 5.16 Å². The quantitative estimate of drug-likeness (QED) is 0.369. The van der Waals surface area contributed by atoms with Crippen molar-refractivity contribution in [3.63, 3.8) is 0 Å². The van der Waals surface area contributed by atoms with Crippen LogP contribution in [0, 0.1) is 0 Å². The van der Waals surface area contributed by atoms with Crippen LogP contribution >= 0.6 is 23.1 Å². The van der Waals surface area contributed by atoms with Crippen LogP contribution in [-0.2, 0) is 16.1 Å². The van der Waals surface area contributed by atoms with Gasteiger partial charge in [-0.3, -0.25) is 14.2 Å². The Hall–Kier alpha value is -1.94. The highest BCUT2D eigenvalue weighted by Crippen LogP contribution is 2.31. The van der Waals surface area contributed by atoms with Crippen LogP contribution in [0.25, 0.3) is 20.3 Å². The Kier molecular flexibility index (Phi) is 7.30. The minimum absolute atomic E-state index is 0.00452. The van der Waals surface area contributed by atoms with Crippen molar-refractivity contribution >= 4 is 49.3 Å². The Bertz CT molecular complexity index is 1180. The average molecular weight is 487 g/mol. The minimum Gasteiger partial charge on any atom is -0.376 e. The molecule has 2 fully saturated rings. The topological polar surface area (TPSA) is 76.5 Å². The Labute approximate surface area is 201 Å². The number of likely N-dealkylation sites (tertiary alicyclic amines) is 1. The highest BCUT2D eigenvalue weighted by Gasteiger charge is 2.19. The van der Waals surface area contributed by atoms with Gasteiger partial charge in [0.05, 0.1) is 17.4 Å². The summed E-state index contributed by atoms with van der Waals surface area (Å²) in [5.41, 5.74) is 0.753. The average Bonchev–Trinajstić information content (AvgIpc) is 3.59. The zero-order chi connectivity index (χ0) is 22.6. The van der Waals surface area contributed by atoms with Gasteiger partial charge >= 0.3 is 0 Å². The normalized spacial score (nSPS) is 19.1. The molecular formula is C24H30N4O3S2. The molecular weight excluding hydrogens is 456 g/mol. The first-order valence-corrected chi connectivity index (χ1v) is 13.6. The maximum atomic E-state index is 13.5. The fraction of sp³-hybridized carbons (Fsp3) is 0.542. The molecule has 1 atom stereocenters. The Morgan fingerprint density at radius 2 is 2.06 bits per heavy atom. The highest BCUT2D eigenvalue weighted by atomic mass is 32.2. The van der Waals surface area contributed by atoms with E-state index < -0.39 is 0 Å². The fourth-order valence-corrected chi connectivity index (χ4v) is 6.57. The van der Waals surface area contributed by atoms with Gasteiger partial charge in [0.25, 0.3) is 5.56 Å². The number of amides is 1. The summed E-state index contributed by atoms with van der Waals surface area (Å²) in [5, 5.41) is 4.60. The van der Waals surface area contributed by atoms with Gasteiger partial charge in [-0.25, -0.2) is 4.98 Å². The number of ether oxygens (including phenoxy) is 1. The molecule has 0 unspecified atom stereocenters. The molecule has 0 bridgehead atoms. The number of thioether (sulfide) groups is 1. The number of rotatable bonds is 9. The number of nitrogens with one attached hydrogen (secondary N) is 1. The minimum atomic E-state index is -0.0522. The molecule has 33 heavy (non-hydrogen) atoms. The van der Waals surface area contributed by atoms with Crippen LogP contribution in [0.4, 0.5) is 0 Å². The van der Waals surface area contributed by atoms with Crippen LogP contribution in [0.2, 0.25) is 0 Å². The number of hydrogen-bond acceptors (Lipinski definition) is 7. The van der Waals surface area contributed by atoms with Crippen LogP contribution < -0.4 is 10.9 Å². The Morgan fingerprint density at radius 1 is 1.21 bits per heavy atom. The number of aromatic nitrogens is 2.